The van der Waals surface area contributed by atoms with Gasteiger partial charge in [-0.25, -0.2) is 0 Å². The molecule has 0 spiro atoms. The lowest BCUT2D eigenvalue weighted by Crippen LogP contribution is -2.48. The standard InChI is InChI=1S/C13H20N4O3/c1-3-15-8-11(17(19)20)7-12(15)13(18)16-5-4-10(14)6-9(16)2/h7-10H,3-6,14H2,1-2H3. The molecule has 0 aromatic carbocycles. The van der Waals surface area contributed by atoms with Crippen molar-refractivity contribution >= 4 is 11.6 Å². The summed E-state index contributed by atoms with van der Waals surface area (Å²) < 4.78 is 1.63. The zero-order valence-electron chi connectivity index (χ0n) is 11.8. The molecule has 1 saturated heterocycles. The predicted molar refractivity (Wildman–Crippen MR) is 74.5 cm³/mol. The molecule has 0 saturated carbocycles. The summed E-state index contributed by atoms with van der Waals surface area (Å²) >= 11 is 0. The lowest BCUT2D eigenvalue weighted by atomic mass is 9.99. The second-order valence-corrected chi connectivity index (χ2v) is 5.26. The Kier molecular flexibility index (Phi) is 4.08. The normalized spacial score (nSPS) is 22.9. The van der Waals surface area contributed by atoms with Gasteiger partial charge in [-0.15, -0.1) is 0 Å². The molecule has 2 heterocycles. The summed E-state index contributed by atoms with van der Waals surface area (Å²) in [6.45, 7) is 4.95. The summed E-state index contributed by atoms with van der Waals surface area (Å²) in [6.07, 6.45) is 2.94. The van der Waals surface area contributed by atoms with E-state index in [-0.39, 0.29) is 23.7 Å². The number of hydrogen-bond donors (Lipinski definition) is 1. The van der Waals surface area contributed by atoms with E-state index in [4.69, 9.17) is 5.73 Å². The Balaban J connectivity index is 2.26. The molecule has 2 atom stereocenters. The van der Waals surface area contributed by atoms with E-state index in [0.717, 1.165) is 12.8 Å². The first kappa shape index (κ1) is 14.5. The fourth-order valence-corrected chi connectivity index (χ4v) is 2.69. The van der Waals surface area contributed by atoms with Crippen molar-refractivity contribution in [2.75, 3.05) is 6.54 Å². The van der Waals surface area contributed by atoms with Crippen LogP contribution in [-0.2, 0) is 6.54 Å². The van der Waals surface area contributed by atoms with E-state index in [2.05, 4.69) is 0 Å². The van der Waals surface area contributed by atoms with Crippen LogP contribution >= 0.6 is 0 Å². The summed E-state index contributed by atoms with van der Waals surface area (Å²) in [5.74, 6) is -0.153. The molecule has 0 aliphatic carbocycles. The lowest BCUT2D eigenvalue weighted by Gasteiger charge is -2.36. The first-order valence-corrected chi connectivity index (χ1v) is 6.85. The predicted octanol–water partition coefficient (Wildman–Crippen LogP) is 1.37. The van der Waals surface area contributed by atoms with Gasteiger partial charge in [-0.3, -0.25) is 14.9 Å². The number of hydrogen-bond acceptors (Lipinski definition) is 4. The number of carbonyl (C=O) groups excluding carboxylic acids is 1. The average molecular weight is 280 g/mol. The van der Waals surface area contributed by atoms with Crippen molar-refractivity contribution in [1.82, 2.24) is 9.47 Å². The summed E-state index contributed by atoms with van der Waals surface area (Å²) in [7, 11) is 0. The van der Waals surface area contributed by atoms with Crippen molar-refractivity contribution < 1.29 is 9.72 Å². The van der Waals surface area contributed by atoms with Crippen molar-refractivity contribution in [3.8, 4) is 0 Å². The number of rotatable bonds is 3. The minimum Gasteiger partial charge on any atom is -0.337 e. The van der Waals surface area contributed by atoms with E-state index < -0.39 is 4.92 Å². The molecular weight excluding hydrogens is 260 g/mol. The largest absolute Gasteiger partial charge is 0.337 e. The second kappa shape index (κ2) is 5.62. The molecule has 1 fully saturated rings. The second-order valence-electron chi connectivity index (χ2n) is 5.26. The fraction of sp³-hybridized carbons (Fsp3) is 0.615. The van der Waals surface area contributed by atoms with E-state index in [9.17, 15) is 14.9 Å². The van der Waals surface area contributed by atoms with Gasteiger partial charge >= 0.3 is 0 Å². The van der Waals surface area contributed by atoms with Gasteiger partial charge in [0.1, 0.15) is 5.69 Å². The van der Waals surface area contributed by atoms with Crippen LogP contribution in [0, 0.1) is 10.1 Å². The highest BCUT2D eigenvalue weighted by Crippen LogP contribution is 2.22. The topological polar surface area (TPSA) is 94.4 Å². The van der Waals surface area contributed by atoms with Gasteiger partial charge in [0, 0.05) is 31.2 Å². The van der Waals surface area contributed by atoms with Crippen LogP contribution in [0.25, 0.3) is 0 Å². The third-order valence-electron chi connectivity index (χ3n) is 3.83. The molecular formula is C13H20N4O3. The van der Waals surface area contributed by atoms with E-state index in [1.54, 1.807) is 9.47 Å². The molecule has 110 valence electrons. The fourth-order valence-electron chi connectivity index (χ4n) is 2.69. The Labute approximate surface area is 117 Å². The number of nitro groups is 1. The van der Waals surface area contributed by atoms with Crippen LogP contribution in [0.2, 0.25) is 0 Å². The van der Waals surface area contributed by atoms with E-state index in [0.29, 0.717) is 18.8 Å². The third kappa shape index (κ3) is 2.67. The van der Waals surface area contributed by atoms with Crippen LogP contribution < -0.4 is 5.73 Å². The maximum absolute atomic E-state index is 12.6. The highest BCUT2D eigenvalue weighted by atomic mass is 16.6. The first-order valence-electron chi connectivity index (χ1n) is 6.85. The minimum absolute atomic E-state index is 0.0448. The number of amides is 1. The molecule has 1 aliphatic heterocycles. The van der Waals surface area contributed by atoms with Gasteiger partial charge in [0.05, 0.1) is 11.1 Å². The molecule has 0 radical (unpaired) electrons. The molecule has 7 heteroatoms. The molecule has 7 nitrogen and oxygen atoms in total. The Morgan fingerprint density at radius 3 is 2.85 bits per heavy atom. The minimum atomic E-state index is -0.474. The molecule has 1 aromatic heterocycles. The van der Waals surface area contributed by atoms with Crippen LogP contribution in [0.1, 0.15) is 37.2 Å². The van der Waals surface area contributed by atoms with Crippen molar-refractivity contribution in [2.45, 2.75) is 45.3 Å². The number of nitrogens with zero attached hydrogens (tertiary/aromatic N) is 3. The lowest BCUT2D eigenvalue weighted by molar-refractivity contribution is -0.384. The van der Waals surface area contributed by atoms with Gasteiger partial charge in [-0.05, 0) is 26.7 Å². The summed E-state index contributed by atoms with van der Waals surface area (Å²) in [5.41, 5.74) is 6.23. The Hall–Kier alpha value is -1.89. The molecule has 1 aromatic rings. The van der Waals surface area contributed by atoms with Crippen molar-refractivity contribution in [2.24, 2.45) is 5.73 Å². The Morgan fingerprint density at radius 2 is 2.30 bits per heavy atom. The van der Waals surface area contributed by atoms with E-state index in [1.165, 1.54) is 12.3 Å². The molecule has 20 heavy (non-hydrogen) atoms. The molecule has 2 rings (SSSR count). The SMILES string of the molecule is CCn1cc([N+](=O)[O-])cc1C(=O)N1CCC(N)CC1C. The monoisotopic (exact) mass is 280 g/mol. The van der Waals surface area contributed by atoms with Crippen molar-refractivity contribution in [3.05, 3.63) is 28.1 Å². The van der Waals surface area contributed by atoms with Crippen LogP contribution in [0.5, 0.6) is 0 Å². The van der Waals surface area contributed by atoms with Gasteiger partial charge < -0.3 is 15.2 Å². The van der Waals surface area contributed by atoms with Crippen LogP contribution in [0.4, 0.5) is 5.69 Å². The molecule has 1 aliphatic rings. The van der Waals surface area contributed by atoms with Gasteiger partial charge in [0.15, 0.2) is 0 Å². The van der Waals surface area contributed by atoms with Crippen LogP contribution in [0.15, 0.2) is 12.3 Å². The quantitative estimate of drug-likeness (QED) is 0.668. The van der Waals surface area contributed by atoms with Crippen molar-refractivity contribution in [1.29, 1.82) is 0 Å². The first-order chi connectivity index (χ1) is 9.43. The maximum Gasteiger partial charge on any atom is 0.287 e. The molecule has 1 amide bonds. The zero-order valence-corrected chi connectivity index (χ0v) is 11.8. The van der Waals surface area contributed by atoms with E-state index in [1.807, 2.05) is 13.8 Å². The Morgan fingerprint density at radius 1 is 1.60 bits per heavy atom. The van der Waals surface area contributed by atoms with Gasteiger partial charge in [-0.2, -0.15) is 0 Å². The zero-order chi connectivity index (χ0) is 14.9. The number of aryl methyl sites for hydroxylation is 1. The number of piperidine rings is 1. The van der Waals surface area contributed by atoms with Crippen molar-refractivity contribution in [3.63, 3.8) is 0 Å². The van der Waals surface area contributed by atoms with Gasteiger partial charge in [0.25, 0.3) is 11.6 Å². The van der Waals surface area contributed by atoms with E-state index >= 15 is 0 Å². The van der Waals surface area contributed by atoms with Gasteiger partial charge in [0.2, 0.25) is 0 Å². The number of nitrogens with two attached hydrogens (primary N) is 1. The molecule has 2 N–H and O–H groups in total. The highest BCUT2D eigenvalue weighted by Gasteiger charge is 2.30. The number of aromatic nitrogens is 1. The van der Waals surface area contributed by atoms with Gasteiger partial charge in [-0.1, -0.05) is 0 Å². The number of likely N-dealkylation sites (tertiary alicyclic amines) is 1. The average Bonchev–Trinajstić information content (AvgIpc) is 2.82. The summed E-state index contributed by atoms with van der Waals surface area (Å²) in [4.78, 5) is 24.7. The smallest absolute Gasteiger partial charge is 0.287 e. The summed E-state index contributed by atoms with van der Waals surface area (Å²) in [5, 5.41) is 10.8. The molecule has 0 bridgehead atoms. The number of carbonyl (C=O) groups is 1. The summed E-state index contributed by atoms with van der Waals surface area (Å²) in [6, 6.07) is 1.54. The van der Waals surface area contributed by atoms with Crippen LogP contribution in [-0.4, -0.2) is 38.9 Å². The maximum atomic E-state index is 12.6. The highest BCUT2D eigenvalue weighted by molar-refractivity contribution is 5.93. The third-order valence-corrected chi connectivity index (χ3v) is 3.83. The Bertz CT molecular complexity index is 526. The van der Waals surface area contributed by atoms with Crippen LogP contribution in [0.3, 0.4) is 0 Å². The molecule has 2 unspecified atom stereocenters.